The first-order valence-corrected chi connectivity index (χ1v) is 11.4. The second-order valence-electron chi connectivity index (χ2n) is 8.05. The molecule has 1 aromatic rings. The summed E-state index contributed by atoms with van der Waals surface area (Å²) < 4.78 is 31.7. The second-order valence-corrected chi connectivity index (χ2v) is 10.0. The molecule has 8 nitrogen and oxygen atoms in total. The number of carbonyl (C=O) groups is 2. The molecule has 2 amide bonds. The van der Waals surface area contributed by atoms with E-state index in [0.717, 1.165) is 5.56 Å². The van der Waals surface area contributed by atoms with Crippen LogP contribution >= 0.6 is 0 Å². The largest absolute Gasteiger partial charge is 0.444 e. The number of nitrogens with zero attached hydrogens (tertiary/aromatic N) is 2. The van der Waals surface area contributed by atoms with Crippen LogP contribution in [-0.4, -0.2) is 67.9 Å². The number of alkyl carbamates (subject to hydrolysis) is 1. The number of nitrogens with one attached hydrogen (secondary N) is 1. The molecular weight excluding hydrogens is 394 g/mol. The Labute approximate surface area is 173 Å². The zero-order valence-electron chi connectivity index (χ0n) is 17.4. The third-order valence-electron chi connectivity index (χ3n) is 4.41. The molecule has 0 aromatic heterocycles. The molecule has 0 saturated carbocycles. The molecule has 1 aliphatic rings. The minimum atomic E-state index is -3.40. The van der Waals surface area contributed by atoms with Crippen molar-refractivity contribution in [1.29, 1.82) is 0 Å². The van der Waals surface area contributed by atoms with Crippen molar-refractivity contribution in [2.45, 2.75) is 45.0 Å². The minimum Gasteiger partial charge on any atom is -0.444 e. The highest BCUT2D eigenvalue weighted by atomic mass is 32.2. The van der Waals surface area contributed by atoms with E-state index >= 15 is 0 Å². The summed E-state index contributed by atoms with van der Waals surface area (Å²) in [4.78, 5) is 25.6. The summed E-state index contributed by atoms with van der Waals surface area (Å²) >= 11 is 0. The zero-order chi connectivity index (χ0) is 21.5. The molecule has 1 N–H and O–H groups in total. The first-order valence-electron chi connectivity index (χ1n) is 9.83. The van der Waals surface area contributed by atoms with Crippen molar-refractivity contribution in [3.8, 4) is 0 Å². The highest BCUT2D eigenvalue weighted by Crippen LogP contribution is 2.14. The molecule has 9 heteroatoms. The molecule has 0 unspecified atom stereocenters. The van der Waals surface area contributed by atoms with Gasteiger partial charge in [-0.05, 0) is 32.8 Å². The second kappa shape index (κ2) is 10.1. The normalized spacial score (nSPS) is 15.8. The topological polar surface area (TPSA) is 96.0 Å². The van der Waals surface area contributed by atoms with E-state index < -0.39 is 21.7 Å². The number of benzene rings is 1. The lowest BCUT2D eigenvalue weighted by Gasteiger charge is -2.34. The summed E-state index contributed by atoms with van der Waals surface area (Å²) in [5.74, 6) is -0.0610. The van der Waals surface area contributed by atoms with E-state index in [2.05, 4.69) is 5.32 Å². The van der Waals surface area contributed by atoms with Crippen LogP contribution in [0, 0.1) is 0 Å². The maximum atomic E-state index is 12.6. The Bertz CT molecular complexity index is 782. The smallest absolute Gasteiger partial charge is 0.407 e. The van der Waals surface area contributed by atoms with E-state index in [0.29, 0.717) is 45.6 Å². The SMILES string of the molecule is CC(C)(C)OC(=O)NCCCC(=O)N1CCN(S(=O)(=O)Cc2ccccc2)CC1. The van der Waals surface area contributed by atoms with Gasteiger partial charge in [0.1, 0.15) is 5.60 Å². The fourth-order valence-corrected chi connectivity index (χ4v) is 4.51. The van der Waals surface area contributed by atoms with Gasteiger partial charge in [0.15, 0.2) is 0 Å². The maximum Gasteiger partial charge on any atom is 0.407 e. The fraction of sp³-hybridized carbons (Fsp3) is 0.600. The zero-order valence-corrected chi connectivity index (χ0v) is 18.2. The van der Waals surface area contributed by atoms with Crippen LogP contribution in [0.25, 0.3) is 0 Å². The molecule has 1 aromatic carbocycles. The molecule has 1 heterocycles. The van der Waals surface area contributed by atoms with Gasteiger partial charge in [0, 0.05) is 39.1 Å². The summed E-state index contributed by atoms with van der Waals surface area (Å²) in [5, 5.41) is 2.63. The lowest BCUT2D eigenvalue weighted by molar-refractivity contribution is -0.132. The Balaban J connectivity index is 1.70. The molecular formula is C20H31N3O5S. The molecule has 0 radical (unpaired) electrons. The summed E-state index contributed by atoms with van der Waals surface area (Å²) in [6.45, 7) is 7.08. The summed E-state index contributed by atoms with van der Waals surface area (Å²) in [6.07, 6.45) is 0.305. The number of amides is 2. The van der Waals surface area contributed by atoms with Crippen molar-refractivity contribution in [3.63, 3.8) is 0 Å². The number of hydrogen-bond donors (Lipinski definition) is 1. The molecule has 1 aliphatic heterocycles. The molecule has 162 valence electrons. The predicted octanol–water partition coefficient (Wildman–Crippen LogP) is 1.97. The Morgan fingerprint density at radius 3 is 2.28 bits per heavy atom. The van der Waals surface area contributed by atoms with E-state index in [-0.39, 0.29) is 11.7 Å². The van der Waals surface area contributed by atoms with Gasteiger partial charge in [0.05, 0.1) is 5.75 Å². The molecule has 29 heavy (non-hydrogen) atoms. The highest BCUT2D eigenvalue weighted by molar-refractivity contribution is 7.88. The average Bonchev–Trinajstić information content (AvgIpc) is 2.64. The van der Waals surface area contributed by atoms with E-state index in [1.807, 2.05) is 18.2 Å². The van der Waals surface area contributed by atoms with Gasteiger partial charge in [-0.15, -0.1) is 0 Å². The average molecular weight is 426 g/mol. The van der Waals surface area contributed by atoms with Gasteiger partial charge in [-0.25, -0.2) is 13.2 Å². The predicted molar refractivity (Wildman–Crippen MR) is 111 cm³/mol. The van der Waals surface area contributed by atoms with Crippen LogP contribution in [0.2, 0.25) is 0 Å². The van der Waals surface area contributed by atoms with Crippen molar-refractivity contribution in [2.75, 3.05) is 32.7 Å². The Hall–Kier alpha value is -2.13. The molecule has 1 fully saturated rings. The lowest BCUT2D eigenvalue weighted by atomic mass is 10.2. The highest BCUT2D eigenvalue weighted by Gasteiger charge is 2.28. The summed E-state index contributed by atoms with van der Waals surface area (Å²) in [7, 11) is -3.40. The van der Waals surface area contributed by atoms with Gasteiger partial charge >= 0.3 is 6.09 Å². The Morgan fingerprint density at radius 2 is 1.69 bits per heavy atom. The third-order valence-corrected chi connectivity index (χ3v) is 6.26. The van der Waals surface area contributed by atoms with Crippen LogP contribution in [0.15, 0.2) is 30.3 Å². The van der Waals surface area contributed by atoms with Crippen LogP contribution in [0.1, 0.15) is 39.2 Å². The Morgan fingerprint density at radius 1 is 1.07 bits per heavy atom. The maximum absolute atomic E-state index is 12.6. The molecule has 2 rings (SSSR count). The van der Waals surface area contributed by atoms with Crippen molar-refractivity contribution in [1.82, 2.24) is 14.5 Å². The standard InChI is InChI=1S/C20H31N3O5S/c1-20(2,3)28-19(25)21-11-7-10-18(24)22-12-14-23(15-13-22)29(26,27)16-17-8-5-4-6-9-17/h4-6,8-9H,7,10-16H2,1-3H3,(H,21,25). The van der Waals surface area contributed by atoms with Crippen LogP contribution < -0.4 is 5.32 Å². The fourth-order valence-electron chi connectivity index (χ4n) is 2.99. The monoisotopic (exact) mass is 425 g/mol. The van der Waals surface area contributed by atoms with Gasteiger partial charge in [-0.2, -0.15) is 4.31 Å². The van der Waals surface area contributed by atoms with Gasteiger partial charge in [-0.3, -0.25) is 4.79 Å². The lowest BCUT2D eigenvalue weighted by Crippen LogP contribution is -2.50. The summed E-state index contributed by atoms with van der Waals surface area (Å²) in [6, 6.07) is 9.08. The number of ether oxygens (including phenoxy) is 1. The van der Waals surface area contributed by atoms with Gasteiger partial charge in [-0.1, -0.05) is 30.3 Å². The molecule has 1 saturated heterocycles. The molecule has 0 atom stereocenters. The Kier molecular flexibility index (Phi) is 8.04. The first kappa shape index (κ1) is 23.2. The van der Waals surface area contributed by atoms with Crippen molar-refractivity contribution < 1.29 is 22.7 Å². The van der Waals surface area contributed by atoms with Crippen molar-refractivity contribution >= 4 is 22.0 Å². The van der Waals surface area contributed by atoms with E-state index in [1.54, 1.807) is 37.8 Å². The molecule has 0 bridgehead atoms. The van der Waals surface area contributed by atoms with Crippen LogP contribution in [0.5, 0.6) is 0 Å². The van der Waals surface area contributed by atoms with Gasteiger partial charge < -0.3 is 15.0 Å². The third kappa shape index (κ3) is 8.02. The van der Waals surface area contributed by atoms with Crippen LogP contribution in [0.4, 0.5) is 4.79 Å². The van der Waals surface area contributed by atoms with Gasteiger partial charge in [0.2, 0.25) is 15.9 Å². The quantitative estimate of drug-likeness (QED) is 0.674. The number of carbonyl (C=O) groups excluding carboxylic acids is 2. The van der Waals surface area contributed by atoms with E-state index in [1.165, 1.54) is 4.31 Å². The van der Waals surface area contributed by atoms with Crippen molar-refractivity contribution in [3.05, 3.63) is 35.9 Å². The number of piperazine rings is 1. The van der Waals surface area contributed by atoms with E-state index in [9.17, 15) is 18.0 Å². The van der Waals surface area contributed by atoms with E-state index in [4.69, 9.17) is 4.74 Å². The van der Waals surface area contributed by atoms with Gasteiger partial charge in [0.25, 0.3) is 0 Å². The number of sulfonamides is 1. The summed E-state index contributed by atoms with van der Waals surface area (Å²) in [5.41, 5.74) is 0.198. The first-order chi connectivity index (χ1) is 13.6. The number of hydrogen-bond acceptors (Lipinski definition) is 5. The van der Waals surface area contributed by atoms with Crippen LogP contribution in [-0.2, 0) is 25.3 Å². The molecule has 0 spiro atoms. The van der Waals surface area contributed by atoms with Crippen molar-refractivity contribution in [2.24, 2.45) is 0 Å². The number of rotatable bonds is 7. The molecule has 0 aliphatic carbocycles. The minimum absolute atomic E-state index is 0.0296. The van der Waals surface area contributed by atoms with Crippen LogP contribution in [0.3, 0.4) is 0 Å².